The monoisotopic (exact) mass is 293 g/mol. The van der Waals surface area contributed by atoms with Gasteiger partial charge in [-0.3, -0.25) is 4.79 Å². The Morgan fingerprint density at radius 3 is 2.85 bits per heavy atom. The van der Waals surface area contributed by atoms with Crippen LogP contribution in [0, 0.1) is 5.82 Å². The molecular formula is C15H16FNO2S. The summed E-state index contributed by atoms with van der Waals surface area (Å²) in [6.07, 6.45) is 1.57. The fourth-order valence-electron chi connectivity index (χ4n) is 1.75. The van der Waals surface area contributed by atoms with E-state index in [2.05, 4.69) is 5.32 Å². The minimum Gasteiger partial charge on any atom is -0.467 e. The second-order valence-corrected chi connectivity index (χ2v) is 5.66. The lowest BCUT2D eigenvalue weighted by molar-refractivity contribution is -0.118. The van der Waals surface area contributed by atoms with Crippen LogP contribution in [-0.2, 0) is 11.3 Å². The number of furan rings is 1. The van der Waals surface area contributed by atoms with Crippen LogP contribution >= 0.6 is 11.8 Å². The molecule has 0 aliphatic rings. The predicted molar refractivity (Wildman–Crippen MR) is 77.8 cm³/mol. The number of carbonyl (C=O) groups is 1. The van der Waals surface area contributed by atoms with Crippen LogP contribution in [0.4, 0.5) is 4.39 Å². The number of amides is 1. The zero-order valence-electron chi connectivity index (χ0n) is 11.1. The van der Waals surface area contributed by atoms with Gasteiger partial charge in [-0.25, -0.2) is 4.39 Å². The Bertz CT molecular complexity index is 557. The summed E-state index contributed by atoms with van der Waals surface area (Å²) in [6.45, 7) is 2.27. The Balaban J connectivity index is 1.77. The maximum absolute atomic E-state index is 13.6. The molecule has 0 bridgehead atoms. The summed E-state index contributed by atoms with van der Waals surface area (Å²) >= 11 is 1.41. The number of benzene rings is 1. The highest BCUT2D eigenvalue weighted by Gasteiger charge is 2.12. The van der Waals surface area contributed by atoms with Crippen molar-refractivity contribution in [1.29, 1.82) is 0 Å². The molecule has 0 fully saturated rings. The van der Waals surface area contributed by atoms with Crippen LogP contribution in [0.15, 0.2) is 47.1 Å². The van der Waals surface area contributed by atoms with Gasteiger partial charge in [-0.1, -0.05) is 18.2 Å². The van der Waals surface area contributed by atoms with E-state index in [1.165, 1.54) is 17.8 Å². The molecular weight excluding hydrogens is 277 g/mol. The molecule has 0 aliphatic carbocycles. The summed E-state index contributed by atoms with van der Waals surface area (Å²) in [5, 5.41) is 2.69. The fourth-order valence-corrected chi connectivity index (χ4v) is 2.62. The summed E-state index contributed by atoms with van der Waals surface area (Å²) in [6, 6.07) is 10.2. The third-order valence-corrected chi connectivity index (χ3v) is 4.03. The smallest absolute Gasteiger partial charge is 0.230 e. The predicted octanol–water partition coefficient (Wildman–Crippen LogP) is 3.53. The molecule has 0 spiro atoms. The van der Waals surface area contributed by atoms with Gasteiger partial charge in [0, 0.05) is 10.8 Å². The van der Waals surface area contributed by atoms with Crippen LogP contribution in [0.2, 0.25) is 0 Å². The van der Waals surface area contributed by atoms with Crippen LogP contribution < -0.4 is 5.32 Å². The Morgan fingerprint density at radius 1 is 1.35 bits per heavy atom. The SMILES string of the molecule is CC(SCC(=O)NCc1ccco1)c1ccccc1F. The van der Waals surface area contributed by atoms with E-state index >= 15 is 0 Å². The van der Waals surface area contributed by atoms with Gasteiger partial charge in [0.15, 0.2) is 0 Å². The molecule has 1 N–H and O–H groups in total. The zero-order valence-corrected chi connectivity index (χ0v) is 12.0. The lowest BCUT2D eigenvalue weighted by Gasteiger charge is -2.12. The Labute approximate surface area is 121 Å². The average molecular weight is 293 g/mol. The van der Waals surface area contributed by atoms with Crippen molar-refractivity contribution in [2.75, 3.05) is 5.75 Å². The molecule has 2 aromatic rings. The van der Waals surface area contributed by atoms with Gasteiger partial charge in [0.1, 0.15) is 11.6 Å². The second kappa shape index (κ2) is 7.14. The van der Waals surface area contributed by atoms with E-state index < -0.39 is 0 Å². The second-order valence-electron chi connectivity index (χ2n) is 4.33. The van der Waals surface area contributed by atoms with Crippen molar-refractivity contribution in [3.05, 3.63) is 59.8 Å². The standard InChI is InChI=1S/C15H16FNO2S/c1-11(13-6-2-3-7-14(13)16)20-10-15(18)17-9-12-5-4-8-19-12/h2-8,11H,9-10H2,1H3,(H,17,18). The summed E-state index contributed by atoms with van der Waals surface area (Å²) in [7, 11) is 0. The molecule has 2 rings (SSSR count). The molecule has 1 atom stereocenters. The molecule has 0 saturated carbocycles. The molecule has 1 unspecified atom stereocenters. The van der Waals surface area contributed by atoms with Crippen molar-refractivity contribution < 1.29 is 13.6 Å². The number of thioether (sulfide) groups is 1. The molecule has 5 heteroatoms. The van der Waals surface area contributed by atoms with Crippen molar-refractivity contribution in [2.45, 2.75) is 18.7 Å². The number of rotatable bonds is 6. The topological polar surface area (TPSA) is 42.2 Å². The molecule has 1 amide bonds. The molecule has 1 heterocycles. The number of hydrogen-bond donors (Lipinski definition) is 1. The van der Waals surface area contributed by atoms with Gasteiger partial charge in [0.25, 0.3) is 0 Å². The van der Waals surface area contributed by atoms with Gasteiger partial charge >= 0.3 is 0 Å². The first-order valence-corrected chi connectivity index (χ1v) is 7.37. The Kier molecular flexibility index (Phi) is 5.24. The first-order chi connectivity index (χ1) is 9.66. The van der Waals surface area contributed by atoms with Crippen molar-refractivity contribution in [3.8, 4) is 0 Å². The number of carbonyl (C=O) groups excluding carboxylic acids is 1. The lowest BCUT2D eigenvalue weighted by atomic mass is 10.1. The summed E-state index contributed by atoms with van der Waals surface area (Å²) in [5.41, 5.74) is 0.622. The first kappa shape index (κ1) is 14.7. The number of nitrogens with one attached hydrogen (secondary N) is 1. The minimum atomic E-state index is -0.233. The first-order valence-electron chi connectivity index (χ1n) is 6.32. The third kappa shape index (κ3) is 4.13. The molecule has 20 heavy (non-hydrogen) atoms. The van der Waals surface area contributed by atoms with Crippen LogP contribution in [0.3, 0.4) is 0 Å². The summed E-state index contributed by atoms with van der Waals surface area (Å²) in [4.78, 5) is 11.7. The van der Waals surface area contributed by atoms with Gasteiger partial charge < -0.3 is 9.73 Å². The highest BCUT2D eigenvalue weighted by atomic mass is 32.2. The van der Waals surface area contributed by atoms with Gasteiger partial charge in [-0.2, -0.15) is 0 Å². The summed E-state index contributed by atoms with van der Waals surface area (Å²) < 4.78 is 18.7. The molecule has 0 radical (unpaired) electrons. The van der Waals surface area contributed by atoms with Gasteiger partial charge in [0.05, 0.1) is 18.6 Å². The minimum absolute atomic E-state index is 0.0643. The van der Waals surface area contributed by atoms with E-state index in [0.717, 1.165) is 0 Å². The zero-order chi connectivity index (χ0) is 14.4. The van der Waals surface area contributed by atoms with Crippen LogP contribution in [0.25, 0.3) is 0 Å². The third-order valence-electron chi connectivity index (χ3n) is 2.85. The maximum atomic E-state index is 13.6. The van der Waals surface area contributed by atoms with Crippen LogP contribution in [-0.4, -0.2) is 11.7 Å². The highest BCUT2D eigenvalue weighted by molar-refractivity contribution is 8.00. The highest BCUT2D eigenvalue weighted by Crippen LogP contribution is 2.29. The van der Waals surface area contributed by atoms with Crippen molar-refractivity contribution in [1.82, 2.24) is 5.32 Å². The number of halogens is 1. The molecule has 1 aromatic heterocycles. The van der Waals surface area contributed by atoms with Gasteiger partial charge in [-0.05, 0) is 25.1 Å². The van der Waals surface area contributed by atoms with Gasteiger partial charge in [0.2, 0.25) is 5.91 Å². The van der Waals surface area contributed by atoms with E-state index in [4.69, 9.17) is 4.42 Å². The van der Waals surface area contributed by atoms with E-state index in [1.807, 2.05) is 6.92 Å². The largest absolute Gasteiger partial charge is 0.467 e. The van der Waals surface area contributed by atoms with E-state index in [1.54, 1.807) is 36.6 Å². The number of hydrogen-bond acceptors (Lipinski definition) is 3. The van der Waals surface area contributed by atoms with Crippen LogP contribution in [0.5, 0.6) is 0 Å². The normalized spacial score (nSPS) is 12.1. The average Bonchev–Trinajstić information content (AvgIpc) is 2.96. The van der Waals surface area contributed by atoms with Gasteiger partial charge in [-0.15, -0.1) is 11.8 Å². The van der Waals surface area contributed by atoms with E-state index in [0.29, 0.717) is 17.9 Å². The summed E-state index contributed by atoms with van der Waals surface area (Å²) in [5.74, 6) is 0.680. The Hall–Kier alpha value is -1.75. The van der Waals surface area contributed by atoms with Crippen molar-refractivity contribution in [2.24, 2.45) is 0 Å². The molecule has 0 saturated heterocycles. The lowest BCUT2D eigenvalue weighted by Crippen LogP contribution is -2.24. The van der Waals surface area contributed by atoms with E-state index in [-0.39, 0.29) is 22.7 Å². The fraction of sp³-hybridized carbons (Fsp3) is 0.267. The van der Waals surface area contributed by atoms with E-state index in [9.17, 15) is 9.18 Å². The molecule has 1 aromatic carbocycles. The molecule has 106 valence electrons. The van der Waals surface area contributed by atoms with Crippen molar-refractivity contribution in [3.63, 3.8) is 0 Å². The van der Waals surface area contributed by atoms with Crippen molar-refractivity contribution >= 4 is 17.7 Å². The van der Waals surface area contributed by atoms with Crippen LogP contribution in [0.1, 0.15) is 23.5 Å². The quantitative estimate of drug-likeness (QED) is 0.886. The molecule has 0 aliphatic heterocycles. The maximum Gasteiger partial charge on any atom is 0.230 e. The molecule has 3 nitrogen and oxygen atoms in total. The Morgan fingerprint density at radius 2 is 2.15 bits per heavy atom.